The van der Waals surface area contributed by atoms with Crippen LogP contribution < -0.4 is 5.32 Å². The number of hydrogen-bond acceptors (Lipinski definition) is 2. The fraction of sp³-hybridized carbons (Fsp3) is 0.462. The molecule has 0 aliphatic carbocycles. The number of halogens is 2. The highest BCUT2D eigenvalue weighted by Gasteiger charge is 2.22. The molecule has 1 amide bonds. The summed E-state index contributed by atoms with van der Waals surface area (Å²) in [6.45, 7) is 0. The van der Waals surface area contributed by atoms with Gasteiger partial charge in [-0.3, -0.25) is 4.79 Å². The van der Waals surface area contributed by atoms with Crippen molar-refractivity contribution in [3.8, 4) is 0 Å². The van der Waals surface area contributed by atoms with Crippen LogP contribution in [0.3, 0.4) is 0 Å². The van der Waals surface area contributed by atoms with Crippen LogP contribution >= 0.6 is 23.4 Å². The largest absolute Gasteiger partial charge is 0.349 e. The van der Waals surface area contributed by atoms with Crippen molar-refractivity contribution < 1.29 is 9.18 Å². The van der Waals surface area contributed by atoms with Gasteiger partial charge in [-0.1, -0.05) is 0 Å². The van der Waals surface area contributed by atoms with Gasteiger partial charge in [0, 0.05) is 22.9 Å². The van der Waals surface area contributed by atoms with E-state index in [9.17, 15) is 9.18 Å². The first-order chi connectivity index (χ1) is 8.70. The van der Waals surface area contributed by atoms with Crippen molar-refractivity contribution in [2.75, 3.05) is 11.6 Å². The number of amides is 1. The van der Waals surface area contributed by atoms with Crippen molar-refractivity contribution >= 4 is 29.3 Å². The average molecular weight is 288 g/mol. The highest BCUT2D eigenvalue weighted by Crippen LogP contribution is 2.36. The fourth-order valence-corrected chi connectivity index (χ4v) is 3.25. The second kappa shape index (κ2) is 6.43. The summed E-state index contributed by atoms with van der Waals surface area (Å²) < 4.78 is 13.3. The molecule has 0 spiro atoms. The number of hydrogen-bond donors (Lipinski definition) is 1. The van der Waals surface area contributed by atoms with Crippen molar-refractivity contribution in [3.05, 3.63) is 29.6 Å². The molecule has 2 rings (SSSR count). The first-order valence-corrected chi connectivity index (χ1v) is 7.50. The van der Waals surface area contributed by atoms with E-state index in [4.69, 9.17) is 11.6 Å². The molecule has 1 aliphatic heterocycles. The molecule has 1 aromatic carbocycles. The van der Waals surface area contributed by atoms with Gasteiger partial charge in [0.1, 0.15) is 5.82 Å². The Morgan fingerprint density at radius 3 is 3.17 bits per heavy atom. The quantitative estimate of drug-likeness (QED) is 0.859. The Hall–Kier alpha value is -0.740. The molecule has 1 aliphatic rings. The van der Waals surface area contributed by atoms with Gasteiger partial charge in [0.05, 0.1) is 6.04 Å². The van der Waals surface area contributed by atoms with Gasteiger partial charge >= 0.3 is 0 Å². The molecule has 2 nitrogen and oxygen atoms in total. The Morgan fingerprint density at radius 2 is 2.39 bits per heavy atom. The Labute approximate surface area is 115 Å². The highest BCUT2D eigenvalue weighted by molar-refractivity contribution is 7.99. The lowest BCUT2D eigenvalue weighted by Crippen LogP contribution is -2.30. The van der Waals surface area contributed by atoms with Crippen LogP contribution in [0.5, 0.6) is 0 Å². The molecule has 0 saturated heterocycles. The van der Waals surface area contributed by atoms with Gasteiger partial charge in [0.2, 0.25) is 5.91 Å². The van der Waals surface area contributed by atoms with E-state index >= 15 is 0 Å². The van der Waals surface area contributed by atoms with E-state index in [2.05, 4.69) is 5.32 Å². The average Bonchev–Trinajstić information content (AvgIpc) is 2.37. The number of carbonyl (C=O) groups excluding carboxylic acids is 1. The Morgan fingerprint density at radius 1 is 1.56 bits per heavy atom. The molecule has 1 atom stereocenters. The minimum atomic E-state index is -0.253. The molecule has 1 aromatic rings. The van der Waals surface area contributed by atoms with Gasteiger partial charge in [-0.15, -0.1) is 23.4 Å². The zero-order valence-electron chi connectivity index (χ0n) is 9.92. The standard InChI is InChI=1S/C13H15ClFNOS/c14-6-1-2-13(17)16-11-5-7-18-12-4-3-9(15)8-10(11)12/h3-4,8,11H,1-2,5-7H2,(H,16,17). The molecule has 1 heterocycles. The summed E-state index contributed by atoms with van der Waals surface area (Å²) in [6, 6.07) is 4.70. The van der Waals surface area contributed by atoms with Crippen molar-refractivity contribution in [1.29, 1.82) is 0 Å². The molecule has 98 valence electrons. The molecule has 0 saturated carbocycles. The van der Waals surface area contributed by atoms with Crippen LogP contribution in [-0.4, -0.2) is 17.5 Å². The number of carbonyl (C=O) groups is 1. The lowest BCUT2D eigenvalue weighted by molar-refractivity contribution is -0.121. The lowest BCUT2D eigenvalue weighted by Gasteiger charge is -2.26. The van der Waals surface area contributed by atoms with Crippen molar-refractivity contribution in [1.82, 2.24) is 5.32 Å². The minimum Gasteiger partial charge on any atom is -0.349 e. The third kappa shape index (κ3) is 3.39. The molecule has 1 N–H and O–H groups in total. The van der Waals surface area contributed by atoms with Crippen LogP contribution in [0.1, 0.15) is 30.9 Å². The predicted molar refractivity (Wildman–Crippen MR) is 72.6 cm³/mol. The summed E-state index contributed by atoms with van der Waals surface area (Å²) in [7, 11) is 0. The van der Waals surface area contributed by atoms with E-state index in [-0.39, 0.29) is 17.8 Å². The van der Waals surface area contributed by atoms with Crippen molar-refractivity contribution in [3.63, 3.8) is 0 Å². The molecule has 1 unspecified atom stereocenters. The predicted octanol–water partition coefficient (Wildman–Crippen LogP) is 3.50. The Balaban J connectivity index is 2.07. The number of rotatable bonds is 4. The summed E-state index contributed by atoms with van der Waals surface area (Å²) in [5, 5.41) is 2.96. The van der Waals surface area contributed by atoms with E-state index < -0.39 is 0 Å². The fourth-order valence-electron chi connectivity index (χ4n) is 2.01. The van der Waals surface area contributed by atoms with Crippen LogP contribution in [-0.2, 0) is 4.79 Å². The maximum Gasteiger partial charge on any atom is 0.220 e. The van der Waals surface area contributed by atoms with Crippen LogP contribution in [0.25, 0.3) is 0 Å². The van der Waals surface area contributed by atoms with Gasteiger partial charge in [-0.2, -0.15) is 0 Å². The van der Waals surface area contributed by atoms with Gasteiger partial charge in [-0.05, 0) is 36.6 Å². The molecule has 18 heavy (non-hydrogen) atoms. The number of alkyl halides is 1. The molecular formula is C13H15ClFNOS. The SMILES string of the molecule is O=C(CCCCl)NC1CCSc2ccc(F)cc21. The van der Waals surface area contributed by atoms with Crippen LogP contribution in [0, 0.1) is 5.82 Å². The zero-order chi connectivity index (χ0) is 13.0. The summed E-state index contributed by atoms with van der Waals surface area (Å²) in [4.78, 5) is 12.8. The maximum absolute atomic E-state index is 13.3. The second-order valence-corrected chi connectivity index (χ2v) is 5.75. The van der Waals surface area contributed by atoms with E-state index in [1.54, 1.807) is 17.8 Å². The molecule has 0 radical (unpaired) electrons. The van der Waals surface area contributed by atoms with E-state index in [1.807, 2.05) is 0 Å². The summed E-state index contributed by atoms with van der Waals surface area (Å²) >= 11 is 7.26. The number of nitrogens with one attached hydrogen (secondary N) is 1. The first-order valence-electron chi connectivity index (χ1n) is 5.98. The summed E-state index contributed by atoms with van der Waals surface area (Å²) in [5.41, 5.74) is 0.894. The second-order valence-electron chi connectivity index (χ2n) is 4.23. The third-order valence-corrected chi connectivity index (χ3v) is 4.27. The molecule has 5 heteroatoms. The highest BCUT2D eigenvalue weighted by atomic mass is 35.5. The van der Waals surface area contributed by atoms with Crippen LogP contribution in [0.2, 0.25) is 0 Å². The topological polar surface area (TPSA) is 29.1 Å². The van der Waals surface area contributed by atoms with E-state index in [0.717, 1.165) is 22.6 Å². The maximum atomic E-state index is 13.3. The minimum absolute atomic E-state index is 0.0113. The van der Waals surface area contributed by atoms with Gasteiger partial charge in [-0.25, -0.2) is 4.39 Å². The molecule has 0 bridgehead atoms. The smallest absolute Gasteiger partial charge is 0.220 e. The normalized spacial score (nSPS) is 18.2. The molecule has 0 aromatic heterocycles. The van der Waals surface area contributed by atoms with Crippen LogP contribution in [0.15, 0.2) is 23.1 Å². The van der Waals surface area contributed by atoms with Crippen molar-refractivity contribution in [2.45, 2.75) is 30.2 Å². The lowest BCUT2D eigenvalue weighted by atomic mass is 10.0. The van der Waals surface area contributed by atoms with Gasteiger partial charge < -0.3 is 5.32 Å². The molecule has 0 fully saturated rings. The van der Waals surface area contributed by atoms with Gasteiger partial charge in [0.25, 0.3) is 0 Å². The van der Waals surface area contributed by atoms with E-state index in [1.165, 1.54) is 12.1 Å². The number of benzene rings is 1. The number of fused-ring (bicyclic) bond motifs is 1. The third-order valence-electron chi connectivity index (χ3n) is 2.88. The van der Waals surface area contributed by atoms with Crippen molar-refractivity contribution in [2.24, 2.45) is 0 Å². The van der Waals surface area contributed by atoms with Crippen LogP contribution in [0.4, 0.5) is 4.39 Å². The van der Waals surface area contributed by atoms with Gasteiger partial charge in [0.15, 0.2) is 0 Å². The zero-order valence-corrected chi connectivity index (χ0v) is 11.5. The Kier molecular flexibility index (Phi) is 4.89. The molecular weight excluding hydrogens is 273 g/mol. The number of thioether (sulfide) groups is 1. The Bertz CT molecular complexity index is 441. The first kappa shape index (κ1) is 13.7. The van der Waals surface area contributed by atoms with E-state index in [0.29, 0.717) is 18.7 Å². The summed E-state index contributed by atoms with van der Waals surface area (Å²) in [6.07, 6.45) is 1.94. The summed E-state index contributed by atoms with van der Waals surface area (Å²) in [5.74, 6) is 1.16. The monoisotopic (exact) mass is 287 g/mol.